The summed E-state index contributed by atoms with van der Waals surface area (Å²) in [5.74, 6) is 0. The Kier molecular flexibility index (Phi) is 3.06. The van der Waals surface area contributed by atoms with Gasteiger partial charge in [0.1, 0.15) is 0 Å². The average Bonchev–Trinajstić information content (AvgIpc) is 1.64. The SMILES string of the molecule is O=P#CC(=O)P(=O)(O)O. The molecule has 50 valence electrons. The van der Waals surface area contributed by atoms with Crippen molar-refractivity contribution in [2.45, 2.75) is 0 Å². The summed E-state index contributed by atoms with van der Waals surface area (Å²) >= 11 is 0. The van der Waals surface area contributed by atoms with Crippen LogP contribution >= 0.6 is 15.5 Å². The van der Waals surface area contributed by atoms with Gasteiger partial charge in [0.2, 0.25) is 0 Å². The van der Waals surface area contributed by atoms with E-state index in [0.29, 0.717) is 0 Å². The fourth-order valence-corrected chi connectivity index (χ4v) is 0.826. The van der Waals surface area contributed by atoms with Crippen molar-refractivity contribution in [3.63, 3.8) is 0 Å². The van der Waals surface area contributed by atoms with E-state index in [0.717, 1.165) is 0 Å². The van der Waals surface area contributed by atoms with Crippen molar-refractivity contribution in [2.24, 2.45) is 0 Å². The van der Waals surface area contributed by atoms with Gasteiger partial charge in [-0.05, 0) is 0 Å². The molecule has 0 atom stereocenters. The Morgan fingerprint density at radius 1 is 1.56 bits per heavy atom. The second kappa shape index (κ2) is 3.11. The minimum absolute atomic E-state index is 0.818. The maximum atomic E-state index is 9.98. The zero-order valence-corrected chi connectivity index (χ0v) is 5.80. The summed E-state index contributed by atoms with van der Waals surface area (Å²) in [5.41, 5.74) is -0.142. The van der Waals surface area contributed by atoms with Crippen LogP contribution in [-0.2, 0) is 13.9 Å². The van der Waals surface area contributed by atoms with Crippen LogP contribution < -0.4 is 0 Å². The molecule has 0 fully saturated rings. The first-order valence-electron chi connectivity index (χ1n) is 1.67. The summed E-state index contributed by atoms with van der Waals surface area (Å²) in [6.07, 6.45) is 0. The Hall–Kier alpha value is -0.170. The van der Waals surface area contributed by atoms with Gasteiger partial charge in [-0.15, -0.1) is 0 Å². The van der Waals surface area contributed by atoms with E-state index in [1.165, 1.54) is 5.63 Å². The second-order valence-corrected chi connectivity index (χ2v) is 2.95. The van der Waals surface area contributed by atoms with Crippen LogP contribution in [0.5, 0.6) is 0 Å². The van der Waals surface area contributed by atoms with Crippen molar-refractivity contribution in [2.75, 3.05) is 0 Å². The molecular formula is C2H2O5P2. The first kappa shape index (κ1) is 8.83. The van der Waals surface area contributed by atoms with Crippen molar-refractivity contribution < 1.29 is 23.7 Å². The van der Waals surface area contributed by atoms with Gasteiger partial charge in [0.05, 0.1) is 0 Å². The molecule has 0 bridgehead atoms. The topological polar surface area (TPSA) is 91.7 Å². The zero-order valence-electron chi connectivity index (χ0n) is 4.01. The quantitative estimate of drug-likeness (QED) is 0.535. The summed E-state index contributed by atoms with van der Waals surface area (Å²) in [7, 11) is -5.55. The van der Waals surface area contributed by atoms with Gasteiger partial charge < -0.3 is 0 Å². The predicted molar refractivity (Wildman–Crippen MR) is 28.5 cm³/mol. The molecule has 0 aliphatic carbocycles. The summed E-state index contributed by atoms with van der Waals surface area (Å²) in [5, 5.41) is 0. The fraction of sp³-hybridized carbons (Fsp3) is 0. The van der Waals surface area contributed by atoms with Crippen molar-refractivity contribution in [3.05, 3.63) is 0 Å². The van der Waals surface area contributed by atoms with E-state index in [1.807, 2.05) is 0 Å². The third-order valence-corrected chi connectivity index (χ3v) is 1.52. The number of carbonyl (C=O) groups excluding carboxylic acids is 1. The number of rotatable bonds is 1. The van der Waals surface area contributed by atoms with Crippen LogP contribution in [0.2, 0.25) is 0 Å². The Balaban J connectivity index is 4.57. The standard InChI is InChI=1S/C2H2O5P2/c3-2(1-8-4)9(5,6)7/h(H2,5,6,7). The van der Waals surface area contributed by atoms with E-state index in [2.05, 4.69) is 0 Å². The van der Waals surface area contributed by atoms with Gasteiger partial charge in [-0.2, -0.15) is 0 Å². The second-order valence-electron chi connectivity index (χ2n) is 1.05. The Labute approximate surface area is 51.4 Å². The monoisotopic (exact) mass is 168 g/mol. The molecule has 0 aliphatic heterocycles. The van der Waals surface area contributed by atoms with Crippen LogP contribution in [0, 0.1) is 5.63 Å². The van der Waals surface area contributed by atoms with Gasteiger partial charge in [0.15, 0.2) is 0 Å². The molecule has 5 nitrogen and oxygen atoms in total. The molecule has 0 aromatic heterocycles. The molecule has 0 radical (unpaired) electrons. The fourth-order valence-electron chi connectivity index (χ4n) is 0.104. The van der Waals surface area contributed by atoms with Crippen molar-refractivity contribution in [1.29, 1.82) is 0 Å². The van der Waals surface area contributed by atoms with E-state index in [-0.39, 0.29) is 0 Å². The van der Waals surface area contributed by atoms with E-state index >= 15 is 0 Å². The molecule has 0 aliphatic rings. The third-order valence-electron chi connectivity index (χ3n) is 0.406. The molecular weight excluding hydrogens is 166 g/mol. The Morgan fingerprint density at radius 3 is 2.11 bits per heavy atom. The van der Waals surface area contributed by atoms with Crippen LogP contribution in [0.25, 0.3) is 0 Å². The first-order chi connectivity index (χ1) is 3.98. The molecule has 7 heteroatoms. The van der Waals surface area contributed by atoms with E-state index in [4.69, 9.17) is 9.79 Å². The molecule has 0 saturated heterocycles. The molecule has 2 N–H and O–H groups in total. The molecule has 0 aromatic carbocycles. The van der Waals surface area contributed by atoms with Crippen LogP contribution in [0.3, 0.4) is 0 Å². The molecule has 0 heterocycles. The zero-order chi connectivity index (χ0) is 7.49. The predicted octanol–water partition coefficient (Wildman–Crippen LogP) is -0.0584. The van der Waals surface area contributed by atoms with Gasteiger partial charge in [-0.3, -0.25) is 0 Å². The third kappa shape index (κ3) is 3.41. The molecule has 0 aromatic rings. The van der Waals surface area contributed by atoms with Crippen LogP contribution in [0.15, 0.2) is 0 Å². The van der Waals surface area contributed by atoms with Crippen LogP contribution in [0.4, 0.5) is 0 Å². The van der Waals surface area contributed by atoms with Gasteiger partial charge in [0.25, 0.3) is 0 Å². The number of hydrogen-bond acceptors (Lipinski definition) is 3. The molecule has 0 rings (SSSR count). The summed E-state index contributed by atoms with van der Waals surface area (Å²) in [6, 6.07) is 0. The van der Waals surface area contributed by atoms with E-state index < -0.39 is 21.0 Å². The van der Waals surface area contributed by atoms with Crippen LogP contribution in [0.1, 0.15) is 0 Å². The normalized spacial score (nSPS) is 10.0. The Morgan fingerprint density at radius 2 is 2.00 bits per heavy atom. The summed E-state index contributed by atoms with van der Waals surface area (Å²) in [6.45, 7) is 0. The summed E-state index contributed by atoms with van der Waals surface area (Å²) < 4.78 is 19.3. The molecule has 0 unspecified atom stereocenters. The van der Waals surface area contributed by atoms with Crippen LogP contribution in [-0.4, -0.2) is 15.3 Å². The molecule has 0 saturated carbocycles. The molecule has 9 heavy (non-hydrogen) atoms. The van der Waals surface area contributed by atoms with Gasteiger partial charge in [-0.25, -0.2) is 0 Å². The molecule has 0 spiro atoms. The average molecular weight is 168 g/mol. The van der Waals surface area contributed by atoms with Crippen molar-refractivity contribution >= 4 is 21.0 Å². The first-order valence-corrected chi connectivity index (χ1v) is 4.09. The number of hydrogen-bond donors (Lipinski definition) is 2. The molecule has 0 amide bonds. The Bertz CT molecular complexity index is 254. The van der Waals surface area contributed by atoms with Gasteiger partial charge >= 0.3 is 50.4 Å². The minimum atomic E-state index is -4.73. The number of carbonyl (C=O) groups is 1. The summed E-state index contributed by atoms with van der Waals surface area (Å²) in [4.78, 5) is 25.9. The maximum absolute atomic E-state index is 9.98. The van der Waals surface area contributed by atoms with Gasteiger partial charge in [-0.1, -0.05) is 0 Å². The van der Waals surface area contributed by atoms with E-state index in [9.17, 15) is 13.9 Å². The van der Waals surface area contributed by atoms with E-state index in [1.54, 1.807) is 0 Å². The van der Waals surface area contributed by atoms with Crippen molar-refractivity contribution in [3.8, 4) is 5.63 Å². The van der Waals surface area contributed by atoms with Gasteiger partial charge in [0, 0.05) is 0 Å². The van der Waals surface area contributed by atoms with Crippen molar-refractivity contribution in [1.82, 2.24) is 0 Å².